The van der Waals surface area contributed by atoms with Crippen LogP contribution in [0.3, 0.4) is 0 Å². The highest BCUT2D eigenvalue weighted by molar-refractivity contribution is 6.16. The van der Waals surface area contributed by atoms with E-state index >= 15 is 0 Å². The second kappa shape index (κ2) is 6.67. The third-order valence-electron chi connectivity index (χ3n) is 4.71. The van der Waals surface area contributed by atoms with Crippen LogP contribution in [0.4, 0.5) is 0 Å². The molecule has 134 valence electrons. The summed E-state index contributed by atoms with van der Waals surface area (Å²) in [6.45, 7) is 7.80. The molecule has 0 saturated carbocycles. The predicted molar refractivity (Wildman–Crippen MR) is 101 cm³/mol. The van der Waals surface area contributed by atoms with Crippen LogP contribution in [0.1, 0.15) is 29.4 Å². The maximum absolute atomic E-state index is 12.3. The van der Waals surface area contributed by atoms with Crippen LogP contribution in [0.15, 0.2) is 47.2 Å². The van der Waals surface area contributed by atoms with E-state index < -0.39 is 5.97 Å². The first-order valence-electron chi connectivity index (χ1n) is 8.42. The number of aromatic nitrogens is 1. The Morgan fingerprint density at radius 2 is 1.85 bits per heavy atom. The third-order valence-corrected chi connectivity index (χ3v) is 4.71. The minimum absolute atomic E-state index is 0.288. The third kappa shape index (κ3) is 2.86. The van der Waals surface area contributed by atoms with Gasteiger partial charge in [-0.2, -0.15) is 0 Å². The average molecular weight is 350 g/mol. The Labute approximate surface area is 153 Å². The van der Waals surface area contributed by atoms with Crippen molar-refractivity contribution in [1.82, 2.24) is 9.88 Å². The largest absolute Gasteiger partial charge is 0.465 e. The molecular formula is C21H22N2O3. The molecule has 1 aromatic heterocycles. The van der Waals surface area contributed by atoms with Crippen molar-refractivity contribution in [3.05, 3.63) is 69.7 Å². The molecule has 0 unspecified atom stereocenters. The molecule has 1 aliphatic rings. The quantitative estimate of drug-likeness (QED) is 0.682. The van der Waals surface area contributed by atoms with Gasteiger partial charge in [-0.25, -0.2) is 4.79 Å². The van der Waals surface area contributed by atoms with Crippen molar-refractivity contribution in [2.75, 3.05) is 7.11 Å². The Balaban J connectivity index is 2.13. The number of hydrogen-bond acceptors (Lipinski definition) is 3. The van der Waals surface area contributed by atoms with Gasteiger partial charge in [-0.1, -0.05) is 18.2 Å². The summed E-state index contributed by atoms with van der Waals surface area (Å²) >= 11 is 0. The van der Waals surface area contributed by atoms with Gasteiger partial charge in [0.25, 0.3) is 5.91 Å². The Bertz CT molecular complexity index is 977. The number of aryl methyl sites for hydroxylation is 2. The number of nitrogens with zero attached hydrogens (tertiary/aromatic N) is 1. The standard InChI is InChI=1S/C21H22N2O3/c1-12-8-6-7-9-18(12)23-13(2)10-16(15(23)4)11-17-19(21(25)26-5)14(3)22-20(17)24/h6-11H,1-5H3,(H,22,24)/b17-11-. The number of nitrogens with one attached hydrogen (secondary N) is 1. The van der Waals surface area contributed by atoms with Crippen LogP contribution in [0, 0.1) is 20.8 Å². The maximum Gasteiger partial charge on any atom is 0.340 e. The second-order valence-electron chi connectivity index (χ2n) is 6.45. The van der Waals surface area contributed by atoms with Crippen LogP contribution < -0.4 is 5.32 Å². The molecule has 1 aromatic carbocycles. The van der Waals surface area contributed by atoms with Crippen LogP contribution >= 0.6 is 0 Å². The highest BCUT2D eigenvalue weighted by atomic mass is 16.5. The molecule has 0 fully saturated rings. The fourth-order valence-corrected chi connectivity index (χ4v) is 3.39. The molecule has 5 heteroatoms. The topological polar surface area (TPSA) is 60.3 Å². The predicted octanol–water partition coefficient (Wildman–Crippen LogP) is 3.36. The molecule has 26 heavy (non-hydrogen) atoms. The van der Waals surface area contributed by atoms with Gasteiger partial charge in [-0.05, 0) is 57.0 Å². The molecule has 0 bridgehead atoms. The highest BCUT2D eigenvalue weighted by Crippen LogP contribution is 2.29. The molecule has 1 aliphatic heterocycles. The van der Waals surface area contributed by atoms with Crippen LogP contribution in [0.25, 0.3) is 11.8 Å². The molecule has 1 N–H and O–H groups in total. The van der Waals surface area contributed by atoms with Gasteiger partial charge in [0, 0.05) is 22.8 Å². The van der Waals surface area contributed by atoms with E-state index in [0.29, 0.717) is 11.3 Å². The molecule has 2 heterocycles. The Morgan fingerprint density at radius 1 is 1.15 bits per heavy atom. The summed E-state index contributed by atoms with van der Waals surface area (Å²) in [6.07, 6.45) is 1.76. The van der Waals surface area contributed by atoms with Gasteiger partial charge in [-0.3, -0.25) is 4.79 Å². The van der Waals surface area contributed by atoms with Crippen LogP contribution in [0.5, 0.6) is 0 Å². The van der Waals surface area contributed by atoms with Crippen molar-refractivity contribution in [2.24, 2.45) is 0 Å². The number of carbonyl (C=O) groups excluding carboxylic acids is 2. The van der Waals surface area contributed by atoms with E-state index in [1.54, 1.807) is 13.0 Å². The number of carbonyl (C=O) groups is 2. The van der Waals surface area contributed by atoms with E-state index in [-0.39, 0.29) is 11.5 Å². The smallest absolute Gasteiger partial charge is 0.340 e. The zero-order chi connectivity index (χ0) is 19.0. The fourth-order valence-electron chi connectivity index (χ4n) is 3.39. The summed E-state index contributed by atoms with van der Waals surface area (Å²) < 4.78 is 6.99. The van der Waals surface area contributed by atoms with E-state index in [1.165, 1.54) is 7.11 Å². The normalized spacial score (nSPS) is 15.6. The summed E-state index contributed by atoms with van der Waals surface area (Å²) in [5.41, 5.74) is 6.36. The van der Waals surface area contributed by atoms with Crippen molar-refractivity contribution in [1.29, 1.82) is 0 Å². The van der Waals surface area contributed by atoms with Crippen molar-refractivity contribution < 1.29 is 14.3 Å². The van der Waals surface area contributed by atoms with Crippen LogP contribution in [-0.2, 0) is 14.3 Å². The number of benzene rings is 1. The summed E-state index contributed by atoms with van der Waals surface area (Å²) in [5, 5.41) is 2.70. The first-order chi connectivity index (χ1) is 12.3. The van der Waals surface area contributed by atoms with Crippen LogP contribution in [-0.4, -0.2) is 23.6 Å². The number of esters is 1. The minimum atomic E-state index is -0.514. The van der Waals surface area contributed by atoms with E-state index in [1.807, 2.05) is 32.0 Å². The number of hydrogen-bond donors (Lipinski definition) is 1. The first kappa shape index (κ1) is 17.7. The molecule has 2 aromatic rings. The van der Waals surface area contributed by atoms with Gasteiger partial charge in [-0.15, -0.1) is 0 Å². The number of rotatable bonds is 3. The van der Waals surface area contributed by atoms with E-state index in [4.69, 9.17) is 4.74 Å². The molecule has 5 nitrogen and oxygen atoms in total. The molecule has 0 aliphatic carbocycles. The Morgan fingerprint density at radius 3 is 2.50 bits per heavy atom. The SMILES string of the molecule is COC(=O)C1=C(C)NC(=O)/C1=C\c1cc(C)n(-c2ccccc2C)c1C. The zero-order valence-electron chi connectivity index (χ0n) is 15.6. The van der Waals surface area contributed by atoms with Crippen molar-refractivity contribution >= 4 is 18.0 Å². The number of ether oxygens (including phenoxy) is 1. The number of amides is 1. The lowest BCUT2D eigenvalue weighted by Crippen LogP contribution is -2.15. The van der Waals surface area contributed by atoms with E-state index in [9.17, 15) is 9.59 Å². The molecule has 0 spiro atoms. The zero-order valence-corrected chi connectivity index (χ0v) is 15.6. The van der Waals surface area contributed by atoms with E-state index in [0.717, 1.165) is 28.2 Å². The maximum atomic E-state index is 12.3. The molecule has 3 rings (SSSR count). The summed E-state index contributed by atoms with van der Waals surface area (Å²) in [7, 11) is 1.31. The molecule has 0 atom stereocenters. The number of allylic oxidation sites excluding steroid dienone is 1. The van der Waals surface area contributed by atoms with Gasteiger partial charge in [0.05, 0.1) is 18.3 Å². The monoisotopic (exact) mass is 350 g/mol. The second-order valence-corrected chi connectivity index (χ2v) is 6.45. The molecule has 0 saturated heterocycles. The fraction of sp³-hybridized carbons (Fsp3) is 0.238. The van der Waals surface area contributed by atoms with Gasteiger partial charge in [0.15, 0.2) is 0 Å². The van der Waals surface area contributed by atoms with Crippen molar-refractivity contribution in [2.45, 2.75) is 27.7 Å². The van der Waals surface area contributed by atoms with Gasteiger partial charge < -0.3 is 14.6 Å². The molecular weight excluding hydrogens is 328 g/mol. The Hall–Kier alpha value is -3.08. The number of para-hydroxylation sites is 1. The first-order valence-corrected chi connectivity index (χ1v) is 8.42. The summed E-state index contributed by atoms with van der Waals surface area (Å²) in [4.78, 5) is 24.4. The van der Waals surface area contributed by atoms with Crippen molar-refractivity contribution in [3.63, 3.8) is 0 Å². The lowest BCUT2D eigenvalue weighted by Gasteiger charge is -2.12. The average Bonchev–Trinajstić information content (AvgIpc) is 3.03. The lowest BCUT2D eigenvalue weighted by molar-refractivity contribution is -0.136. The van der Waals surface area contributed by atoms with E-state index in [2.05, 4.69) is 28.9 Å². The Kier molecular flexibility index (Phi) is 4.55. The summed E-state index contributed by atoms with van der Waals surface area (Å²) in [6, 6.07) is 10.2. The lowest BCUT2D eigenvalue weighted by atomic mass is 10.0. The van der Waals surface area contributed by atoms with Gasteiger partial charge in [0.2, 0.25) is 0 Å². The molecule has 1 amide bonds. The van der Waals surface area contributed by atoms with Gasteiger partial charge >= 0.3 is 5.97 Å². The summed E-state index contributed by atoms with van der Waals surface area (Å²) in [5.74, 6) is -0.802. The minimum Gasteiger partial charge on any atom is -0.465 e. The number of methoxy groups -OCH3 is 1. The van der Waals surface area contributed by atoms with Crippen LogP contribution in [0.2, 0.25) is 0 Å². The van der Waals surface area contributed by atoms with Crippen molar-refractivity contribution in [3.8, 4) is 5.69 Å². The van der Waals surface area contributed by atoms with Gasteiger partial charge in [0.1, 0.15) is 0 Å². The molecule has 0 radical (unpaired) electrons. The highest BCUT2D eigenvalue weighted by Gasteiger charge is 2.31.